The van der Waals surface area contributed by atoms with Gasteiger partial charge in [-0.3, -0.25) is 8.98 Å². The van der Waals surface area contributed by atoms with Crippen LogP contribution in [0.15, 0.2) is 0 Å². The summed E-state index contributed by atoms with van der Waals surface area (Å²) in [6, 6.07) is 0. The molecule has 3 aliphatic rings. The van der Waals surface area contributed by atoms with Gasteiger partial charge in [-0.25, -0.2) is 4.79 Å². The highest BCUT2D eigenvalue weighted by atomic mass is 32.2. The lowest BCUT2D eigenvalue weighted by Gasteiger charge is -2.26. The van der Waals surface area contributed by atoms with Gasteiger partial charge < -0.3 is 14.2 Å². The Kier molecular flexibility index (Phi) is 5.57. The Hall–Kier alpha value is -1.19. The van der Waals surface area contributed by atoms with Crippen molar-refractivity contribution in [3.8, 4) is 0 Å². The van der Waals surface area contributed by atoms with Crippen LogP contribution in [0.25, 0.3) is 0 Å². The van der Waals surface area contributed by atoms with Gasteiger partial charge in [-0.15, -0.1) is 0 Å². The maximum absolute atomic E-state index is 12.2. The molecule has 1 heterocycles. The zero-order valence-corrected chi connectivity index (χ0v) is 17.9. The topological polar surface area (TPSA) is 105 Å². The minimum absolute atomic E-state index is 0.0131. The number of carbonyl (C=O) groups is 2. The molecule has 0 aromatic carbocycles. The van der Waals surface area contributed by atoms with E-state index in [1.165, 1.54) is 0 Å². The van der Waals surface area contributed by atoms with Crippen LogP contribution < -0.4 is 0 Å². The molecule has 28 heavy (non-hydrogen) atoms. The molecule has 0 N–H and O–H groups in total. The van der Waals surface area contributed by atoms with Gasteiger partial charge in [-0.2, -0.15) is 8.42 Å². The quantitative estimate of drug-likeness (QED) is 0.333. The van der Waals surface area contributed by atoms with E-state index in [0.717, 1.165) is 0 Å². The molecule has 0 aromatic heterocycles. The average Bonchev–Trinajstić information content (AvgIpc) is 3.08. The molecule has 9 heteroatoms. The van der Waals surface area contributed by atoms with Crippen LogP contribution in [0.1, 0.15) is 47.5 Å². The van der Waals surface area contributed by atoms with Crippen molar-refractivity contribution >= 4 is 22.1 Å². The third-order valence-corrected chi connectivity index (χ3v) is 8.52. The first-order valence-electron chi connectivity index (χ1n) is 9.78. The average molecular weight is 419 g/mol. The van der Waals surface area contributed by atoms with E-state index in [2.05, 4.69) is 0 Å². The third kappa shape index (κ3) is 3.57. The van der Waals surface area contributed by atoms with Crippen LogP contribution in [0.4, 0.5) is 0 Å². The summed E-state index contributed by atoms with van der Waals surface area (Å²) in [5.41, 5.74) is -0.783. The molecule has 0 spiro atoms. The highest BCUT2D eigenvalue weighted by Crippen LogP contribution is 2.64. The molecule has 160 valence electrons. The number of hydrogen-bond donors (Lipinski definition) is 0. The molecule has 3 rings (SSSR count). The second-order valence-electron chi connectivity index (χ2n) is 9.15. The van der Waals surface area contributed by atoms with Crippen molar-refractivity contribution in [2.75, 3.05) is 19.8 Å². The van der Waals surface area contributed by atoms with E-state index in [1.54, 1.807) is 13.8 Å². The number of esters is 2. The molecule has 8 nitrogen and oxygen atoms in total. The summed E-state index contributed by atoms with van der Waals surface area (Å²) in [5.74, 6) is -0.996. The fourth-order valence-electron chi connectivity index (χ4n) is 4.74. The molecule has 0 amide bonds. The van der Waals surface area contributed by atoms with E-state index in [1.807, 2.05) is 20.8 Å². The third-order valence-electron chi connectivity index (χ3n) is 6.80. The Morgan fingerprint density at radius 3 is 2.46 bits per heavy atom. The van der Waals surface area contributed by atoms with Crippen LogP contribution in [-0.4, -0.2) is 57.6 Å². The molecule has 2 bridgehead atoms. The highest BCUT2D eigenvalue weighted by Gasteiger charge is 2.72. The van der Waals surface area contributed by atoms with Crippen molar-refractivity contribution in [1.82, 2.24) is 0 Å². The van der Waals surface area contributed by atoms with Crippen molar-refractivity contribution in [3.63, 3.8) is 0 Å². The molecule has 0 radical (unpaired) electrons. The van der Waals surface area contributed by atoms with Gasteiger partial charge >= 0.3 is 11.9 Å². The Bertz CT molecular complexity index is 741. The van der Waals surface area contributed by atoms with E-state index in [4.69, 9.17) is 18.4 Å². The van der Waals surface area contributed by atoms with Crippen molar-refractivity contribution in [2.24, 2.45) is 22.7 Å². The summed E-state index contributed by atoms with van der Waals surface area (Å²) in [4.78, 5) is 23.8. The van der Waals surface area contributed by atoms with E-state index in [0.29, 0.717) is 12.8 Å². The van der Waals surface area contributed by atoms with Gasteiger partial charge in [0.15, 0.2) is 0 Å². The molecule has 3 fully saturated rings. The first-order valence-corrected chi connectivity index (χ1v) is 11.3. The van der Waals surface area contributed by atoms with E-state index in [9.17, 15) is 18.0 Å². The molecule has 2 saturated carbocycles. The Labute approximate surface area is 166 Å². The largest absolute Gasteiger partial charge is 0.462 e. The Morgan fingerprint density at radius 1 is 1.18 bits per heavy atom. The second kappa shape index (κ2) is 7.25. The van der Waals surface area contributed by atoms with E-state index in [-0.39, 0.29) is 43.0 Å². The first kappa shape index (κ1) is 21.5. The lowest BCUT2D eigenvalue weighted by Crippen LogP contribution is -2.37. The first-order chi connectivity index (χ1) is 12.9. The smallest absolute Gasteiger partial charge is 0.332 e. The van der Waals surface area contributed by atoms with Crippen molar-refractivity contribution in [2.45, 2.75) is 64.9 Å². The molecule has 0 aromatic rings. The minimum atomic E-state index is -3.56. The van der Waals surface area contributed by atoms with Crippen LogP contribution in [0, 0.1) is 22.7 Å². The fourth-order valence-corrected chi connectivity index (χ4v) is 6.73. The number of ether oxygens (including phenoxy) is 3. The summed E-state index contributed by atoms with van der Waals surface area (Å²) in [6.45, 7) is 9.21. The lowest BCUT2D eigenvalue weighted by atomic mass is 9.81. The molecule has 1 saturated heterocycles. The van der Waals surface area contributed by atoms with E-state index >= 15 is 0 Å². The molecular formula is C19H30O8S. The molecule has 5 atom stereocenters. The molecule has 5 unspecified atom stereocenters. The monoisotopic (exact) mass is 418 g/mol. The Morgan fingerprint density at radius 2 is 1.82 bits per heavy atom. The second-order valence-corrected chi connectivity index (χ2v) is 10.9. The zero-order valence-electron chi connectivity index (χ0n) is 17.1. The number of rotatable bonds is 8. The summed E-state index contributed by atoms with van der Waals surface area (Å²) in [7, 11) is -3.56. The number of carbonyl (C=O) groups excluding carboxylic acids is 2. The SMILES string of the molecule is CCC(C)(C)C(=O)OCCOC(=O)COC1C2OS(=O)(=O)C3CC1C(C)(C)C23. The van der Waals surface area contributed by atoms with Gasteiger partial charge in [0.2, 0.25) is 0 Å². The van der Waals surface area contributed by atoms with Gasteiger partial charge in [-0.1, -0.05) is 20.8 Å². The lowest BCUT2D eigenvalue weighted by molar-refractivity contribution is -0.162. The van der Waals surface area contributed by atoms with Gasteiger partial charge in [0.05, 0.1) is 16.8 Å². The summed E-state index contributed by atoms with van der Waals surface area (Å²) >= 11 is 0. The van der Waals surface area contributed by atoms with Crippen molar-refractivity contribution in [3.05, 3.63) is 0 Å². The predicted molar refractivity (Wildman–Crippen MR) is 98.7 cm³/mol. The molecule has 2 aliphatic carbocycles. The molecular weight excluding hydrogens is 388 g/mol. The van der Waals surface area contributed by atoms with Crippen LogP contribution in [-0.2, 0) is 38.1 Å². The molecule has 1 aliphatic heterocycles. The maximum Gasteiger partial charge on any atom is 0.332 e. The van der Waals surface area contributed by atoms with Gasteiger partial charge in [0.25, 0.3) is 10.1 Å². The minimum Gasteiger partial charge on any atom is -0.462 e. The predicted octanol–water partition coefficient (Wildman–Crippen LogP) is 1.67. The van der Waals surface area contributed by atoms with Crippen molar-refractivity contribution < 1.29 is 36.4 Å². The number of fused-ring (bicyclic) bond motifs is 1. The van der Waals surface area contributed by atoms with Gasteiger partial charge in [-0.05, 0) is 38.0 Å². The van der Waals surface area contributed by atoms with Crippen LogP contribution >= 0.6 is 0 Å². The van der Waals surface area contributed by atoms with Gasteiger partial charge in [0, 0.05) is 5.92 Å². The highest BCUT2D eigenvalue weighted by molar-refractivity contribution is 7.87. The number of hydrogen-bond acceptors (Lipinski definition) is 8. The van der Waals surface area contributed by atoms with Crippen LogP contribution in [0.2, 0.25) is 0 Å². The van der Waals surface area contributed by atoms with E-state index < -0.39 is 39.0 Å². The van der Waals surface area contributed by atoms with Crippen LogP contribution in [0.5, 0.6) is 0 Å². The van der Waals surface area contributed by atoms with Gasteiger partial charge in [0.1, 0.15) is 25.9 Å². The summed E-state index contributed by atoms with van der Waals surface area (Å²) < 4.78 is 45.5. The normalized spacial score (nSPS) is 34.4. The summed E-state index contributed by atoms with van der Waals surface area (Å²) in [5, 5.41) is -0.466. The standard InChI is InChI=1S/C19H30O8S/c1-6-18(2,3)17(21)25-8-7-24-13(20)10-26-15-11-9-12-14(19(11,4)5)16(15)27-28(12,22)23/h11-12,14-16H,6-10H2,1-5H3. The fraction of sp³-hybridized carbons (Fsp3) is 0.895. The van der Waals surface area contributed by atoms with Crippen molar-refractivity contribution in [1.29, 1.82) is 0 Å². The van der Waals surface area contributed by atoms with Crippen LogP contribution in [0.3, 0.4) is 0 Å². The summed E-state index contributed by atoms with van der Waals surface area (Å²) in [6.07, 6.45) is 0.177. The Balaban J connectivity index is 1.44. The maximum atomic E-state index is 12.2. The zero-order chi connectivity index (χ0) is 20.9.